The number of rotatable bonds is 10. The number of benzene rings is 2. The van der Waals surface area contributed by atoms with Crippen molar-refractivity contribution in [3.8, 4) is 11.5 Å². The highest BCUT2D eigenvalue weighted by atomic mass is 32.2. The second-order valence-electron chi connectivity index (χ2n) is 7.50. The molecule has 0 spiro atoms. The van der Waals surface area contributed by atoms with Crippen molar-refractivity contribution in [1.29, 1.82) is 0 Å². The lowest BCUT2D eigenvalue weighted by Crippen LogP contribution is -2.32. The monoisotopic (exact) mass is 471 g/mol. The van der Waals surface area contributed by atoms with Crippen molar-refractivity contribution in [2.45, 2.75) is 24.2 Å². The van der Waals surface area contributed by atoms with Gasteiger partial charge < -0.3 is 25.0 Å². The number of thioether (sulfide) groups is 1. The number of hydrogen-bond donors (Lipinski definition) is 2. The van der Waals surface area contributed by atoms with Crippen LogP contribution in [0.5, 0.6) is 11.5 Å². The third kappa shape index (κ3) is 6.89. The van der Waals surface area contributed by atoms with Crippen LogP contribution in [0.25, 0.3) is 0 Å². The minimum atomic E-state index is -0.257. The molecule has 33 heavy (non-hydrogen) atoms. The Morgan fingerprint density at radius 3 is 2.45 bits per heavy atom. The molecule has 0 aromatic heterocycles. The van der Waals surface area contributed by atoms with Gasteiger partial charge in [-0.3, -0.25) is 14.4 Å². The van der Waals surface area contributed by atoms with Crippen LogP contribution in [0.4, 0.5) is 5.69 Å². The van der Waals surface area contributed by atoms with Gasteiger partial charge >= 0.3 is 0 Å². The summed E-state index contributed by atoms with van der Waals surface area (Å²) in [5.41, 5.74) is 1.07. The van der Waals surface area contributed by atoms with E-state index >= 15 is 0 Å². The second kappa shape index (κ2) is 12.2. The van der Waals surface area contributed by atoms with Crippen LogP contribution < -0.4 is 20.1 Å². The van der Waals surface area contributed by atoms with Gasteiger partial charge in [0.05, 0.1) is 25.5 Å². The predicted octanol–water partition coefficient (Wildman–Crippen LogP) is 3.18. The van der Waals surface area contributed by atoms with E-state index in [0.717, 1.165) is 25.9 Å². The SMILES string of the molecule is COc1ccc(NC(=O)CSc2ccccc2C(=O)NCCC(=O)N2CCCC2)cc1OC. The first kappa shape index (κ1) is 24.4. The van der Waals surface area contributed by atoms with Gasteiger partial charge in [-0.05, 0) is 37.1 Å². The number of amides is 3. The van der Waals surface area contributed by atoms with Crippen molar-refractivity contribution < 1.29 is 23.9 Å². The van der Waals surface area contributed by atoms with E-state index in [1.165, 1.54) is 18.9 Å². The summed E-state index contributed by atoms with van der Waals surface area (Å²) in [4.78, 5) is 39.8. The summed E-state index contributed by atoms with van der Waals surface area (Å²) < 4.78 is 10.5. The minimum Gasteiger partial charge on any atom is -0.493 e. The summed E-state index contributed by atoms with van der Waals surface area (Å²) in [5, 5.41) is 5.64. The van der Waals surface area contributed by atoms with Gasteiger partial charge in [0.15, 0.2) is 11.5 Å². The van der Waals surface area contributed by atoms with Gasteiger partial charge in [-0.25, -0.2) is 0 Å². The topological polar surface area (TPSA) is 97.0 Å². The molecule has 2 aromatic carbocycles. The Labute approximate surface area is 198 Å². The van der Waals surface area contributed by atoms with E-state index in [-0.39, 0.29) is 36.4 Å². The lowest BCUT2D eigenvalue weighted by Gasteiger charge is -2.15. The van der Waals surface area contributed by atoms with E-state index in [1.54, 1.807) is 43.5 Å². The van der Waals surface area contributed by atoms with E-state index in [2.05, 4.69) is 10.6 Å². The van der Waals surface area contributed by atoms with Crippen LogP contribution in [-0.2, 0) is 9.59 Å². The molecule has 1 heterocycles. The number of hydrogen-bond acceptors (Lipinski definition) is 6. The van der Waals surface area contributed by atoms with E-state index in [9.17, 15) is 14.4 Å². The summed E-state index contributed by atoms with van der Waals surface area (Å²) in [6.45, 7) is 1.89. The molecule has 8 nitrogen and oxygen atoms in total. The summed E-state index contributed by atoms with van der Waals surface area (Å²) in [5.74, 6) is 0.834. The first-order valence-electron chi connectivity index (χ1n) is 10.8. The smallest absolute Gasteiger partial charge is 0.252 e. The zero-order chi connectivity index (χ0) is 23.6. The number of ether oxygens (including phenoxy) is 2. The first-order chi connectivity index (χ1) is 16.0. The summed E-state index contributed by atoms with van der Waals surface area (Å²) >= 11 is 1.28. The second-order valence-corrected chi connectivity index (χ2v) is 8.51. The summed E-state index contributed by atoms with van der Waals surface area (Å²) in [7, 11) is 3.08. The van der Waals surface area contributed by atoms with Crippen LogP contribution in [0.1, 0.15) is 29.6 Å². The Morgan fingerprint density at radius 2 is 1.73 bits per heavy atom. The number of nitrogens with one attached hydrogen (secondary N) is 2. The fourth-order valence-electron chi connectivity index (χ4n) is 3.54. The largest absolute Gasteiger partial charge is 0.493 e. The van der Waals surface area contributed by atoms with Crippen molar-refractivity contribution in [1.82, 2.24) is 10.2 Å². The number of carbonyl (C=O) groups is 3. The molecule has 0 radical (unpaired) electrons. The summed E-state index contributed by atoms with van der Waals surface area (Å²) in [6, 6.07) is 12.3. The van der Waals surface area contributed by atoms with Gasteiger partial charge in [0, 0.05) is 42.7 Å². The minimum absolute atomic E-state index is 0.0716. The number of carbonyl (C=O) groups excluding carboxylic acids is 3. The van der Waals surface area contributed by atoms with Gasteiger partial charge in [0.25, 0.3) is 5.91 Å². The molecular formula is C24H29N3O5S. The Hall–Kier alpha value is -3.20. The Balaban J connectivity index is 1.51. The molecule has 3 amide bonds. The molecule has 2 N–H and O–H groups in total. The molecule has 0 aliphatic carbocycles. The van der Waals surface area contributed by atoms with Crippen LogP contribution in [-0.4, -0.2) is 62.2 Å². The highest BCUT2D eigenvalue weighted by Crippen LogP contribution is 2.30. The maximum absolute atomic E-state index is 12.7. The first-order valence-corrected chi connectivity index (χ1v) is 11.8. The number of anilines is 1. The molecule has 0 saturated carbocycles. The fraction of sp³-hybridized carbons (Fsp3) is 0.375. The molecule has 0 atom stereocenters. The third-order valence-electron chi connectivity index (χ3n) is 5.24. The van der Waals surface area contributed by atoms with Gasteiger partial charge in [0.2, 0.25) is 11.8 Å². The van der Waals surface area contributed by atoms with E-state index in [0.29, 0.717) is 27.6 Å². The highest BCUT2D eigenvalue weighted by molar-refractivity contribution is 8.00. The van der Waals surface area contributed by atoms with Gasteiger partial charge in [-0.15, -0.1) is 11.8 Å². The molecule has 1 aliphatic rings. The lowest BCUT2D eigenvalue weighted by atomic mass is 10.2. The van der Waals surface area contributed by atoms with Crippen LogP contribution in [0, 0.1) is 0 Å². The molecular weight excluding hydrogens is 442 g/mol. The molecule has 2 aromatic rings. The number of likely N-dealkylation sites (tertiary alicyclic amines) is 1. The Kier molecular flexibility index (Phi) is 9.00. The van der Waals surface area contributed by atoms with Crippen molar-refractivity contribution in [3.63, 3.8) is 0 Å². The van der Waals surface area contributed by atoms with Gasteiger partial charge in [-0.2, -0.15) is 0 Å². The molecule has 0 unspecified atom stereocenters. The molecule has 0 bridgehead atoms. The van der Waals surface area contributed by atoms with Crippen LogP contribution in [0.3, 0.4) is 0 Å². The number of nitrogens with zero attached hydrogens (tertiary/aromatic N) is 1. The molecule has 9 heteroatoms. The Morgan fingerprint density at radius 1 is 1.00 bits per heavy atom. The normalized spacial score (nSPS) is 12.8. The maximum Gasteiger partial charge on any atom is 0.252 e. The van der Waals surface area contributed by atoms with Crippen molar-refractivity contribution in [2.75, 3.05) is 44.9 Å². The zero-order valence-electron chi connectivity index (χ0n) is 18.9. The highest BCUT2D eigenvalue weighted by Gasteiger charge is 2.18. The fourth-order valence-corrected chi connectivity index (χ4v) is 4.39. The molecule has 1 aliphatic heterocycles. The lowest BCUT2D eigenvalue weighted by molar-refractivity contribution is -0.130. The van der Waals surface area contributed by atoms with E-state index in [1.807, 2.05) is 11.0 Å². The van der Waals surface area contributed by atoms with Crippen molar-refractivity contribution >= 4 is 35.2 Å². The number of methoxy groups -OCH3 is 2. The summed E-state index contributed by atoms with van der Waals surface area (Å²) in [6.07, 6.45) is 2.37. The van der Waals surface area contributed by atoms with Gasteiger partial charge in [-0.1, -0.05) is 12.1 Å². The average molecular weight is 472 g/mol. The predicted molar refractivity (Wildman–Crippen MR) is 128 cm³/mol. The third-order valence-corrected chi connectivity index (χ3v) is 6.31. The Bertz CT molecular complexity index is 992. The average Bonchev–Trinajstić information content (AvgIpc) is 3.38. The van der Waals surface area contributed by atoms with E-state index in [4.69, 9.17) is 9.47 Å². The van der Waals surface area contributed by atoms with E-state index < -0.39 is 0 Å². The molecule has 1 saturated heterocycles. The van der Waals surface area contributed by atoms with Crippen molar-refractivity contribution in [3.05, 3.63) is 48.0 Å². The van der Waals surface area contributed by atoms with Crippen LogP contribution >= 0.6 is 11.8 Å². The van der Waals surface area contributed by atoms with Gasteiger partial charge in [0.1, 0.15) is 0 Å². The van der Waals surface area contributed by atoms with Crippen molar-refractivity contribution in [2.24, 2.45) is 0 Å². The van der Waals surface area contributed by atoms with Crippen LogP contribution in [0.15, 0.2) is 47.4 Å². The molecule has 1 fully saturated rings. The van der Waals surface area contributed by atoms with Crippen LogP contribution in [0.2, 0.25) is 0 Å². The quantitative estimate of drug-likeness (QED) is 0.517. The maximum atomic E-state index is 12.7. The zero-order valence-corrected chi connectivity index (χ0v) is 19.7. The standard InChI is InChI=1S/C24H29N3O5S/c1-31-19-10-9-17(15-20(19)32-2)26-22(28)16-33-21-8-4-3-7-18(21)24(30)25-12-11-23(29)27-13-5-6-14-27/h3-4,7-10,15H,5-6,11-14,16H2,1-2H3,(H,25,30)(H,26,28). The molecule has 176 valence electrons. The molecule has 3 rings (SSSR count).